The van der Waals surface area contributed by atoms with Crippen molar-refractivity contribution in [2.75, 3.05) is 34.0 Å². The molecular formula is C18H25NO4. The largest absolute Gasteiger partial charge is 0.493 e. The van der Waals surface area contributed by atoms with Crippen LogP contribution >= 0.6 is 0 Å². The number of benzene rings is 1. The van der Waals surface area contributed by atoms with Crippen molar-refractivity contribution in [1.82, 2.24) is 4.90 Å². The van der Waals surface area contributed by atoms with Crippen LogP contribution in [0.4, 0.5) is 0 Å². The fourth-order valence-corrected chi connectivity index (χ4v) is 3.44. The van der Waals surface area contributed by atoms with Crippen molar-refractivity contribution in [3.63, 3.8) is 0 Å². The average molecular weight is 319 g/mol. The van der Waals surface area contributed by atoms with E-state index in [1.807, 2.05) is 17.0 Å². The van der Waals surface area contributed by atoms with E-state index >= 15 is 0 Å². The number of fused-ring (bicyclic) bond motifs is 1. The molecule has 1 aromatic rings. The molecule has 1 atom stereocenters. The molecule has 126 valence electrons. The number of ether oxygens (including phenoxy) is 3. The monoisotopic (exact) mass is 319 g/mol. The number of hydrogen-bond acceptors (Lipinski definition) is 4. The van der Waals surface area contributed by atoms with Crippen LogP contribution in [0, 0.1) is 5.92 Å². The molecule has 2 aliphatic heterocycles. The van der Waals surface area contributed by atoms with E-state index in [9.17, 15) is 4.79 Å². The number of carbonyl (C=O) groups excluding carboxylic acids is 1. The number of nitrogens with zero attached hydrogens (tertiary/aromatic N) is 1. The highest BCUT2D eigenvalue weighted by Gasteiger charge is 2.25. The van der Waals surface area contributed by atoms with Crippen molar-refractivity contribution >= 4 is 5.91 Å². The maximum absolute atomic E-state index is 12.6. The summed E-state index contributed by atoms with van der Waals surface area (Å²) < 4.78 is 16.2. The first-order valence-corrected chi connectivity index (χ1v) is 8.30. The van der Waals surface area contributed by atoms with Crippen molar-refractivity contribution in [3.05, 3.63) is 23.3 Å². The van der Waals surface area contributed by atoms with Crippen molar-refractivity contribution in [1.29, 1.82) is 0 Å². The maximum atomic E-state index is 12.6. The van der Waals surface area contributed by atoms with E-state index in [0.29, 0.717) is 18.9 Å². The zero-order valence-electron chi connectivity index (χ0n) is 14.0. The van der Waals surface area contributed by atoms with Crippen LogP contribution in [0.25, 0.3) is 0 Å². The van der Waals surface area contributed by atoms with Gasteiger partial charge in [0.15, 0.2) is 11.5 Å². The Bertz CT molecular complexity index is 566. The van der Waals surface area contributed by atoms with Crippen LogP contribution in [0.3, 0.4) is 0 Å². The van der Waals surface area contributed by atoms with Crippen LogP contribution in [-0.4, -0.2) is 44.8 Å². The predicted molar refractivity (Wildman–Crippen MR) is 86.8 cm³/mol. The van der Waals surface area contributed by atoms with Gasteiger partial charge in [-0.05, 0) is 48.4 Å². The maximum Gasteiger partial charge on any atom is 0.223 e. The SMILES string of the molecule is COc1cc2c(cc1OC)CN(C(=O)CC1CCCOC1)CC2. The number of methoxy groups -OCH3 is 2. The van der Waals surface area contributed by atoms with Gasteiger partial charge in [-0.25, -0.2) is 0 Å². The summed E-state index contributed by atoms with van der Waals surface area (Å²) in [4.78, 5) is 14.5. The summed E-state index contributed by atoms with van der Waals surface area (Å²) in [5.74, 6) is 2.09. The van der Waals surface area contributed by atoms with E-state index in [1.54, 1.807) is 14.2 Å². The second kappa shape index (κ2) is 7.21. The zero-order valence-corrected chi connectivity index (χ0v) is 14.0. The lowest BCUT2D eigenvalue weighted by Gasteiger charge is -2.31. The number of carbonyl (C=O) groups is 1. The second-order valence-corrected chi connectivity index (χ2v) is 6.33. The highest BCUT2D eigenvalue weighted by atomic mass is 16.5. The summed E-state index contributed by atoms with van der Waals surface area (Å²) in [5.41, 5.74) is 2.40. The Hall–Kier alpha value is -1.75. The van der Waals surface area contributed by atoms with Crippen LogP contribution < -0.4 is 9.47 Å². The van der Waals surface area contributed by atoms with Crippen LogP contribution in [0.1, 0.15) is 30.4 Å². The van der Waals surface area contributed by atoms with Gasteiger partial charge in [-0.15, -0.1) is 0 Å². The molecule has 1 unspecified atom stereocenters. The van der Waals surface area contributed by atoms with E-state index in [0.717, 1.165) is 56.1 Å². The first-order valence-electron chi connectivity index (χ1n) is 8.30. The third-order valence-corrected chi connectivity index (χ3v) is 4.79. The molecule has 1 aromatic carbocycles. The Kier molecular flexibility index (Phi) is 5.06. The molecule has 1 amide bonds. The minimum absolute atomic E-state index is 0.237. The molecule has 3 rings (SSSR count). The third-order valence-electron chi connectivity index (χ3n) is 4.79. The normalized spacial score (nSPS) is 20.8. The number of amides is 1. The molecule has 2 heterocycles. The van der Waals surface area contributed by atoms with Gasteiger partial charge in [-0.3, -0.25) is 4.79 Å². The van der Waals surface area contributed by atoms with E-state index < -0.39 is 0 Å². The summed E-state index contributed by atoms with van der Waals surface area (Å²) >= 11 is 0. The van der Waals surface area contributed by atoms with E-state index in [-0.39, 0.29) is 5.91 Å². The van der Waals surface area contributed by atoms with Gasteiger partial charge in [-0.2, -0.15) is 0 Å². The Labute approximate surface area is 137 Å². The fourth-order valence-electron chi connectivity index (χ4n) is 3.44. The molecule has 2 aliphatic rings. The lowest BCUT2D eigenvalue weighted by molar-refractivity contribution is -0.134. The molecule has 0 aliphatic carbocycles. The Morgan fingerprint density at radius 3 is 2.65 bits per heavy atom. The highest BCUT2D eigenvalue weighted by Crippen LogP contribution is 2.33. The third kappa shape index (κ3) is 3.61. The lowest BCUT2D eigenvalue weighted by atomic mass is 9.95. The molecule has 23 heavy (non-hydrogen) atoms. The van der Waals surface area contributed by atoms with Gasteiger partial charge in [0.1, 0.15) is 0 Å². The van der Waals surface area contributed by atoms with Crippen molar-refractivity contribution in [2.24, 2.45) is 5.92 Å². The second-order valence-electron chi connectivity index (χ2n) is 6.33. The van der Waals surface area contributed by atoms with Crippen molar-refractivity contribution in [2.45, 2.75) is 32.2 Å². The van der Waals surface area contributed by atoms with E-state index in [2.05, 4.69) is 0 Å². The van der Waals surface area contributed by atoms with Gasteiger partial charge in [0, 0.05) is 32.7 Å². The molecule has 0 spiro atoms. The van der Waals surface area contributed by atoms with Gasteiger partial charge in [0.25, 0.3) is 0 Å². The standard InChI is InChI=1S/C18H25NO4/c1-21-16-9-14-5-6-19(11-15(14)10-17(16)22-2)18(20)8-13-4-3-7-23-12-13/h9-10,13H,3-8,11-12H2,1-2H3. The topological polar surface area (TPSA) is 48.0 Å². The Morgan fingerprint density at radius 1 is 1.26 bits per heavy atom. The molecule has 0 bridgehead atoms. The quantitative estimate of drug-likeness (QED) is 0.855. The summed E-state index contributed by atoms with van der Waals surface area (Å²) in [6, 6.07) is 4.03. The van der Waals surface area contributed by atoms with E-state index in [1.165, 1.54) is 5.56 Å². The van der Waals surface area contributed by atoms with Gasteiger partial charge in [0.2, 0.25) is 5.91 Å². The molecule has 5 nitrogen and oxygen atoms in total. The zero-order chi connectivity index (χ0) is 16.2. The lowest BCUT2D eigenvalue weighted by Crippen LogP contribution is -2.37. The van der Waals surface area contributed by atoms with Gasteiger partial charge >= 0.3 is 0 Å². The summed E-state index contributed by atoms with van der Waals surface area (Å²) in [5, 5.41) is 0. The average Bonchev–Trinajstić information content (AvgIpc) is 2.60. The molecule has 1 saturated heterocycles. The van der Waals surface area contributed by atoms with Gasteiger partial charge in [0.05, 0.1) is 14.2 Å². The van der Waals surface area contributed by atoms with Crippen molar-refractivity contribution < 1.29 is 19.0 Å². The molecular weight excluding hydrogens is 294 g/mol. The Balaban J connectivity index is 1.68. The highest BCUT2D eigenvalue weighted by molar-refractivity contribution is 5.77. The Morgan fingerprint density at radius 2 is 2.00 bits per heavy atom. The number of rotatable bonds is 4. The minimum Gasteiger partial charge on any atom is -0.493 e. The molecule has 0 radical (unpaired) electrons. The molecule has 0 N–H and O–H groups in total. The fraction of sp³-hybridized carbons (Fsp3) is 0.611. The van der Waals surface area contributed by atoms with Crippen molar-refractivity contribution in [3.8, 4) is 11.5 Å². The van der Waals surface area contributed by atoms with Crippen LogP contribution in [-0.2, 0) is 22.5 Å². The summed E-state index contributed by atoms with van der Waals surface area (Å²) in [6.45, 7) is 2.99. The van der Waals surface area contributed by atoms with E-state index in [4.69, 9.17) is 14.2 Å². The van der Waals surface area contributed by atoms with Gasteiger partial charge in [-0.1, -0.05) is 0 Å². The first kappa shape index (κ1) is 16.1. The summed E-state index contributed by atoms with van der Waals surface area (Å²) in [7, 11) is 3.29. The minimum atomic E-state index is 0.237. The summed E-state index contributed by atoms with van der Waals surface area (Å²) in [6.07, 6.45) is 3.63. The molecule has 0 aromatic heterocycles. The van der Waals surface area contributed by atoms with Crippen LogP contribution in [0.15, 0.2) is 12.1 Å². The van der Waals surface area contributed by atoms with Crippen LogP contribution in [0.5, 0.6) is 11.5 Å². The predicted octanol–water partition coefficient (Wildman–Crippen LogP) is 2.41. The molecule has 5 heteroatoms. The van der Waals surface area contributed by atoms with Crippen LogP contribution in [0.2, 0.25) is 0 Å². The first-order chi connectivity index (χ1) is 11.2. The van der Waals surface area contributed by atoms with Gasteiger partial charge < -0.3 is 19.1 Å². The molecule has 1 fully saturated rings. The smallest absolute Gasteiger partial charge is 0.223 e. The number of hydrogen-bond donors (Lipinski definition) is 0. The molecule has 0 saturated carbocycles.